The van der Waals surface area contributed by atoms with Crippen molar-refractivity contribution in [3.8, 4) is 0 Å². The van der Waals surface area contributed by atoms with Gasteiger partial charge in [-0.05, 0) is 75.7 Å². The Bertz CT molecular complexity index is 1550. The van der Waals surface area contributed by atoms with Gasteiger partial charge in [0.2, 0.25) is 0 Å². The predicted octanol–water partition coefficient (Wildman–Crippen LogP) is 8.26. The summed E-state index contributed by atoms with van der Waals surface area (Å²) < 4.78 is 4.61. The van der Waals surface area contributed by atoms with Gasteiger partial charge in [-0.3, -0.25) is 15.0 Å². The first-order valence-electron chi connectivity index (χ1n) is 16.4. The fraction of sp³-hybridized carbons (Fsp3) is 0.559. The van der Waals surface area contributed by atoms with Gasteiger partial charge in [-0.25, -0.2) is 29.9 Å². The molecule has 3 aromatic heterocycles. The second-order valence-electron chi connectivity index (χ2n) is 10.7. The molecule has 1 saturated heterocycles. The largest absolute Gasteiger partial charge is 0.465 e. The molecule has 1 atom stereocenters. The number of aryl methyl sites for hydroxylation is 3. The van der Waals surface area contributed by atoms with Gasteiger partial charge in [0.05, 0.1) is 12.4 Å². The van der Waals surface area contributed by atoms with Crippen LogP contribution in [0.2, 0.25) is 15.5 Å². The Labute approximate surface area is 324 Å². The molecule has 14 nitrogen and oxygen atoms in total. The average Bonchev–Trinajstić information content (AvgIpc) is 3.03. The Kier molecular flexibility index (Phi) is 25.1. The molecule has 0 amide bonds. The van der Waals surface area contributed by atoms with Crippen molar-refractivity contribution in [2.24, 2.45) is 11.7 Å². The van der Waals surface area contributed by atoms with E-state index in [2.05, 4.69) is 57.1 Å². The van der Waals surface area contributed by atoms with E-state index in [1.54, 1.807) is 27.7 Å². The molecule has 0 bridgehead atoms. The van der Waals surface area contributed by atoms with Gasteiger partial charge in [0, 0.05) is 49.6 Å². The number of carbonyl (C=O) groups excluding carboxylic acids is 2. The first kappa shape index (κ1) is 49.2. The van der Waals surface area contributed by atoms with E-state index >= 15 is 0 Å². The molecular weight excluding hydrogens is 717 g/mol. The minimum Gasteiger partial charge on any atom is -0.465 e. The summed E-state index contributed by atoms with van der Waals surface area (Å²) in [5, 5.41) is 13.7. The minimum atomic E-state index is -0.611. The SMILES string of the molecule is CC.CC(=N)N.CCOC(=O)C(C)C(C)=O.CNc1nc(C)nc(Cl)c1C.CNc1nc(C)nc(N2CCC2)c1C.Cc1nc(Cl)c(C)c(Cl)n1.[2HH].[2HH].[2HH].[2HH]. The third kappa shape index (κ3) is 18.8. The van der Waals surface area contributed by atoms with E-state index < -0.39 is 11.9 Å². The second kappa shape index (κ2) is 26.0. The lowest BCUT2D eigenvalue weighted by atomic mass is 10.1. The second-order valence-corrected chi connectivity index (χ2v) is 11.8. The Balaban J connectivity index is -0.000000137. The maximum atomic E-state index is 10.7. The summed E-state index contributed by atoms with van der Waals surface area (Å²) in [7, 11) is 3.71. The number of hydrogen-bond acceptors (Lipinski definition) is 13. The molecule has 51 heavy (non-hydrogen) atoms. The number of ketones is 1. The molecule has 0 aromatic carbocycles. The number of ether oxygens (including phenoxy) is 1. The van der Waals surface area contributed by atoms with Gasteiger partial charge >= 0.3 is 5.97 Å². The van der Waals surface area contributed by atoms with Crippen LogP contribution in [-0.4, -0.2) is 81.3 Å². The molecule has 4 rings (SSSR count). The van der Waals surface area contributed by atoms with Crippen molar-refractivity contribution in [2.45, 2.75) is 89.5 Å². The summed E-state index contributed by atoms with van der Waals surface area (Å²) in [6.45, 7) is 24.0. The Hall–Kier alpha value is -3.88. The maximum Gasteiger partial charge on any atom is 0.316 e. The van der Waals surface area contributed by atoms with E-state index in [9.17, 15) is 9.59 Å². The molecule has 294 valence electrons. The van der Waals surface area contributed by atoms with E-state index in [0.29, 0.717) is 33.7 Å². The zero-order valence-corrected chi connectivity index (χ0v) is 34.7. The van der Waals surface area contributed by atoms with Crippen molar-refractivity contribution in [3.05, 3.63) is 49.6 Å². The summed E-state index contributed by atoms with van der Waals surface area (Å²) in [4.78, 5) is 48.4. The zero-order valence-electron chi connectivity index (χ0n) is 32.5. The van der Waals surface area contributed by atoms with Crippen LogP contribution in [0.1, 0.15) is 87.8 Å². The minimum absolute atomic E-state index is 0. The number of hydrogen-bond donors (Lipinski definition) is 4. The lowest BCUT2D eigenvalue weighted by Crippen LogP contribution is -2.38. The number of anilines is 3. The Morgan fingerprint density at radius 2 is 1.18 bits per heavy atom. The number of nitrogens with zero attached hydrogens (tertiary/aromatic N) is 7. The molecule has 0 radical (unpaired) electrons. The lowest BCUT2D eigenvalue weighted by Gasteiger charge is -2.33. The van der Waals surface area contributed by atoms with Crippen LogP contribution in [0.4, 0.5) is 17.5 Å². The van der Waals surface area contributed by atoms with Crippen LogP contribution in [0.3, 0.4) is 0 Å². The predicted molar refractivity (Wildman–Crippen MR) is 219 cm³/mol. The molecule has 0 spiro atoms. The normalized spacial score (nSPS) is 11.3. The third-order valence-electron chi connectivity index (χ3n) is 6.45. The lowest BCUT2D eigenvalue weighted by molar-refractivity contribution is -0.150. The van der Waals surface area contributed by atoms with Gasteiger partial charge in [-0.1, -0.05) is 48.7 Å². The average molecular weight is 785 g/mol. The number of nitrogens with two attached hydrogens (primary N) is 1. The molecule has 3 aromatic rings. The van der Waals surface area contributed by atoms with Crippen LogP contribution in [0.5, 0.6) is 0 Å². The van der Waals surface area contributed by atoms with E-state index in [1.807, 2.05) is 48.7 Å². The summed E-state index contributed by atoms with van der Waals surface area (Å²) in [6, 6.07) is 0. The topological polar surface area (TPSA) is 198 Å². The quantitative estimate of drug-likeness (QED) is 0.0613. The highest BCUT2D eigenvalue weighted by molar-refractivity contribution is 6.34. The van der Waals surface area contributed by atoms with Gasteiger partial charge < -0.3 is 26.0 Å². The molecule has 17 heteroatoms. The highest BCUT2D eigenvalue weighted by atomic mass is 35.5. The van der Waals surface area contributed by atoms with E-state index in [1.165, 1.54) is 20.3 Å². The van der Waals surface area contributed by atoms with Crippen molar-refractivity contribution < 1.29 is 20.0 Å². The monoisotopic (exact) mass is 783 g/mol. The first-order chi connectivity index (χ1) is 23.8. The molecule has 4 heterocycles. The van der Waals surface area contributed by atoms with Crippen molar-refractivity contribution >= 4 is 69.8 Å². The van der Waals surface area contributed by atoms with Gasteiger partial charge in [0.25, 0.3) is 0 Å². The number of nitrogens with one attached hydrogen (secondary N) is 3. The summed E-state index contributed by atoms with van der Waals surface area (Å²) >= 11 is 17.2. The number of rotatable bonds is 6. The van der Waals surface area contributed by atoms with Crippen molar-refractivity contribution in [3.63, 3.8) is 0 Å². The third-order valence-corrected chi connectivity index (χ3v) is 7.55. The molecule has 1 aliphatic rings. The highest BCUT2D eigenvalue weighted by Gasteiger charge is 2.20. The zero-order chi connectivity index (χ0) is 40.0. The van der Waals surface area contributed by atoms with Gasteiger partial charge in [-0.2, -0.15) is 0 Å². The number of carbonyl (C=O) groups is 2. The van der Waals surface area contributed by atoms with Crippen molar-refractivity contribution in [1.82, 2.24) is 29.9 Å². The fourth-order valence-electron chi connectivity index (χ4n) is 3.53. The first-order valence-corrected chi connectivity index (χ1v) is 17.5. The smallest absolute Gasteiger partial charge is 0.316 e. The summed E-state index contributed by atoms with van der Waals surface area (Å²) in [5.74, 6) is 3.91. The van der Waals surface area contributed by atoms with Crippen molar-refractivity contribution in [1.29, 1.82) is 5.41 Å². The molecule has 5 N–H and O–H groups in total. The molecule has 0 aliphatic carbocycles. The number of Topliss-reactive ketones (excluding diaryl/α,β-unsaturated/α-hetero) is 1. The number of halogens is 3. The van der Waals surface area contributed by atoms with E-state index in [0.717, 1.165) is 53.1 Å². The molecule has 1 unspecified atom stereocenters. The van der Waals surface area contributed by atoms with Crippen LogP contribution in [0.25, 0.3) is 0 Å². The van der Waals surface area contributed by atoms with Gasteiger partial charge in [-0.15, -0.1) is 0 Å². The van der Waals surface area contributed by atoms with Crippen molar-refractivity contribution in [2.75, 3.05) is 49.3 Å². The molecule has 0 saturated carbocycles. The molecule has 1 aliphatic heterocycles. The molecular formula is C34H64Cl3N11O3. The van der Waals surface area contributed by atoms with Crippen LogP contribution < -0.4 is 21.3 Å². The van der Waals surface area contributed by atoms with Crippen LogP contribution in [-0.2, 0) is 14.3 Å². The highest BCUT2D eigenvalue weighted by Crippen LogP contribution is 2.26. The fourth-order valence-corrected chi connectivity index (χ4v) is 4.21. The van der Waals surface area contributed by atoms with Gasteiger partial charge in [0.15, 0.2) is 0 Å². The summed E-state index contributed by atoms with van der Waals surface area (Å²) in [5.41, 5.74) is 7.46. The number of amidine groups is 1. The van der Waals surface area contributed by atoms with Gasteiger partial charge in [0.1, 0.15) is 62.1 Å². The van der Waals surface area contributed by atoms with Crippen LogP contribution in [0.15, 0.2) is 0 Å². The molecule has 1 fully saturated rings. The van der Waals surface area contributed by atoms with E-state index in [-0.39, 0.29) is 17.3 Å². The van der Waals surface area contributed by atoms with Crippen LogP contribution in [0, 0.1) is 52.9 Å². The Morgan fingerprint density at radius 3 is 1.53 bits per heavy atom. The van der Waals surface area contributed by atoms with Crippen LogP contribution >= 0.6 is 34.8 Å². The summed E-state index contributed by atoms with van der Waals surface area (Å²) in [6.07, 6.45) is 1.28. The Morgan fingerprint density at radius 1 is 0.804 bits per heavy atom. The van der Waals surface area contributed by atoms with E-state index in [4.69, 9.17) is 45.9 Å². The standard InChI is InChI=1S/C10H16N4.C7H10ClN3.C7H12O3.C6H6Cl2N2.C2H6N2.C2H6.4H2/c1-7-9(11-3)12-8(2)13-10(7)14-5-4-6-14;1-4-6(8)10-5(2)11-7(4)9-3;1-4-10-7(9)5(2)6(3)8;1-3-5(7)9-4(2)10-6(3)8;1-2(3)4;1-2;;;;/h4-6H2,1-3H3,(H,11,12,13);1-3H3,(H,9,10,11);5H,4H2,1-3H3;1-2H3;1H3,(H3,3,4);1-2H3;4*1H/i;;;;;;4*1+1. The maximum absolute atomic E-state index is 10.7. The number of esters is 1. The number of aromatic nitrogens is 6.